The van der Waals surface area contributed by atoms with E-state index in [0.29, 0.717) is 0 Å². The maximum Gasteiger partial charge on any atom is 0.264 e. The van der Waals surface area contributed by atoms with Gasteiger partial charge in [0.1, 0.15) is 5.82 Å². The van der Waals surface area contributed by atoms with E-state index in [1.807, 2.05) is 12.1 Å². The first-order chi connectivity index (χ1) is 12.0. The molecule has 0 N–H and O–H groups in total. The maximum absolute atomic E-state index is 14.3. The number of sulfonamides is 1. The van der Waals surface area contributed by atoms with Crippen molar-refractivity contribution >= 4 is 31.6 Å². The zero-order valence-electron chi connectivity index (χ0n) is 13.1. The number of hydrogen-bond donors (Lipinski definition) is 0. The first-order valence-electron chi connectivity index (χ1n) is 7.55. The van der Waals surface area contributed by atoms with E-state index in [1.165, 1.54) is 30.3 Å². The molecule has 3 aromatic rings. The highest BCUT2D eigenvalue weighted by Crippen LogP contribution is 2.28. The Morgan fingerprint density at radius 1 is 0.840 bits per heavy atom. The molecular formula is C19H15BrFNO2S. The lowest BCUT2D eigenvalue weighted by Crippen LogP contribution is -2.31. The Kier molecular flexibility index (Phi) is 5.20. The van der Waals surface area contributed by atoms with Gasteiger partial charge in [-0.25, -0.2) is 12.8 Å². The summed E-state index contributed by atoms with van der Waals surface area (Å²) < 4.78 is 42.5. The summed E-state index contributed by atoms with van der Waals surface area (Å²) in [4.78, 5) is 0.121. The maximum atomic E-state index is 14.3. The molecule has 128 valence electrons. The molecule has 3 rings (SSSR count). The number of rotatable bonds is 5. The Bertz CT molecular complexity index is 960. The standard InChI is InChI=1S/C19H15BrFNO2S/c20-16-12-10-15(11-13-16)14-22(19-9-5-4-8-18(19)21)25(23,24)17-6-2-1-3-7-17/h1-13H,14H2. The summed E-state index contributed by atoms with van der Waals surface area (Å²) in [5.74, 6) is -0.584. The molecule has 0 heterocycles. The van der Waals surface area contributed by atoms with E-state index in [9.17, 15) is 12.8 Å². The topological polar surface area (TPSA) is 37.4 Å². The van der Waals surface area contributed by atoms with Gasteiger partial charge in [-0.2, -0.15) is 0 Å². The highest BCUT2D eigenvalue weighted by atomic mass is 79.9. The normalized spacial score (nSPS) is 11.3. The lowest BCUT2D eigenvalue weighted by Gasteiger charge is -2.25. The third-order valence-corrected chi connectivity index (χ3v) is 5.99. The van der Waals surface area contributed by atoms with Crippen molar-refractivity contribution in [3.63, 3.8) is 0 Å². The van der Waals surface area contributed by atoms with Crippen LogP contribution >= 0.6 is 15.9 Å². The van der Waals surface area contributed by atoms with Gasteiger partial charge in [-0.05, 0) is 42.0 Å². The summed E-state index contributed by atoms with van der Waals surface area (Å²) in [5, 5.41) is 0. The quantitative estimate of drug-likeness (QED) is 0.584. The van der Waals surface area contributed by atoms with Crippen LogP contribution in [0.1, 0.15) is 5.56 Å². The molecular weight excluding hydrogens is 405 g/mol. The minimum absolute atomic E-state index is 0.0225. The van der Waals surface area contributed by atoms with Gasteiger partial charge >= 0.3 is 0 Å². The zero-order chi connectivity index (χ0) is 17.9. The fourth-order valence-electron chi connectivity index (χ4n) is 2.43. The van der Waals surface area contributed by atoms with Crippen molar-refractivity contribution in [3.05, 3.63) is 94.7 Å². The van der Waals surface area contributed by atoms with Crippen molar-refractivity contribution in [2.45, 2.75) is 11.4 Å². The zero-order valence-corrected chi connectivity index (χ0v) is 15.5. The highest BCUT2D eigenvalue weighted by Gasteiger charge is 2.27. The predicted octanol–water partition coefficient (Wildman–Crippen LogP) is 4.98. The van der Waals surface area contributed by atoms with E-state index < -0.39 is 15.8 Å². The van der Waals surface area contributed by atoms with Gasteiger partial charge in [-0.3, -0.25) is 4.31 Å². The summed E-state index contributed by atoms with van der Waals surface area (Å²) in [6, 6.07) is 21.2. The number of anilines is 1. The Labute approximate surface area is 154 Å². The van der Waals surface area contributed by atoms with Crippen LogP contribution < -0.4 is 4.31 Å². The van der Waals surface area contributed by atoms with E-state index in [2.05, 4.69) is 15.9 Å². The molecule has 0 amide bonds. The molecule has 3 nitrogen and oxygen atoms in total. The van der Waals surface area contributed by atoms with E-state index in [-0.39, 0.29) is 17.1 Å². The van der Waals surface area contributed by atoms with Crippen LogP contribution in [-0.2, 0) is 16.6 Å². The molecule has 0 bridgehead atoms. The van der Waals surface area contributed by atoms with Crippen LogP contribution in [0.4, 0.5) is 10.1 Å². The van der Waals surface area contributed by atoms with E-state index in [1.54, 1.807) is 36.4 Å². The number of nitrogens with zero attached hydrogens (tertiary/aromatic N) is 1. The van der Waals surface area contributed by atoms with Crippen LogP contribution in [0.5, 0.6) is 0 Å². The number of halogens is 2. The van der Waals surface area contributed by atoms with E-state index in [0.717, 1.165) is 14.3 Å². The summed E-state index contributed by atoms with van der Waals surface area (Å²) in [6.45, 7) is 0.0332. The van der Waals surface area contributed by atoms with Crippen molar-refractivity contribution in [3.8, 4) is 0 Å². The smallest absolute Gasteiger partial charge is 0.259 e. The van der Waals surface area contributed by atoms with Gasteiger partial charge in [-0.1, -0.05) is 58.4 Å². The predicted molar refractivity (Wildman–Crippen MR) is 100 cm³/mol. The fourth-order valence-corrected chi connectivity index (χ4v) is 4.17. The molecule has 6 heteroatoms. The van der Waals surface area contributed by atoms with Gasteiger partial charge in [-0.15, -0.1) is 0 Å². The molecule has 0 fully saturated rings. The minimum atomic E-state index is -3.90. The molecule has 0 radical (unpaired) electrons. The first kappa shape index (κ1) is 17.6. The minimum Gasteiger partial charge on any atom is -0.259 e. The van der Waals surface area contributed by atoms with Crippen molar-refractivity contribution in [2.24, 2.45) is 0 Å². The third-order valence-electron chi connectivity index (χ3n) is 3.69. The molecule has 0 unspecified atom stereocenters. The van der Waals surface area contributed by atoms with Gasteiger partial charge in [0.25, 0.3) is 10.0 Å². The van der Waals surface area contributed by atoms with Crippen LogP contribution in [0.3, 0.4) is 0 Å². The second-order valence-electron chi connectivity index (χ2n) is 5.40. The molecule has 25 heavy (non-hydrogen) atoms. The van der Waals surface area contributed by atoms with E-state index in [4.69, 9.17) is 0 Å². The van der Waals surface area contributed by atoms with Gasteiger partial charge in [0, 0.05) is 4.47 Å². The Morgan fingerprint density at radius 3 is 2.08 bits per heavy atom. The summed E-state index contributed by atoms with van der Waals surface area (Å²) >= 11 is 3.35. The fraction of sp³-hybridized carbons (Fsp3) is 0.0526. The Morgan fingerprint density at radius 2 is 1.44 bits per heavy atom. The molecule has 0 atom stereocenters. The summed E-state index contributed by atoms with van der Waals surface area (Å²) in [7, 11) is -3.90. The van der Waals surface area contributed by atoms with E-state index >= 15 is 0 Å². The summed E-state index contributed by atoms with van der Waals surface area (Å²) in [6.07, 6.45) is 0. The van der Waals surface area contributed by atoms with Crippen molar-refractivity contribution < 1.29 is 12.8 Å². The molecule has 0 spiro atoms. The SMILES string of the molecule is O=S(=O)(c1ccccc1)N(Cc1ccc(Br)cc1)c1ccccc1F. The highest BCUT2D eigenvalue weighted by molar-refractivity contribution is 9.10. The van der Waals surface area contributed by atoms with Crippen LogP contribution in [0.2, 0.25) is 0 Å². The van der Waals surface area contributed by atoms with Crippen LogP contribution in [-0.4, -0.2) is 8.42 Å². The summed E-state index contributed by atoms with van der Waals surface area (Å²) in [5.41, 5.74) is 0.778. The molecule has 3 aromatic carbocycles. The van der Waals surface area contributed by atoms with Gasteiger partial charge in [0.15, 0.2) is 0 Å². The lowest BCUT2D eigenvalue weighted by atomic mass is 10.2. The molecule has 0 aliphatic rings. The molecule has 0 aliphatic carbocycles. The van der Waals surface area contributed by atoms with Gasteiger partial charge in [0.05, 0.1) is 17.1 Å². The molecule has 0 aliphatic heterocycles. The van der Waals surface area contributed by atoms with Crippen molar-refractivity contribution in [2.75, 3.05) is 4.31 Å². The number of hydrogen-bond acceptors (Lipinski definition) is 2. The van der Waals surface area contributed by atoms with Crippen molar-refractivity contribution in [1.29, 1.82) is 0 Å². The molecule has 0 saturated heterocycles. The van der Waals surface area contributed by atoms with Crippen LogP contribution in [0, 0.1) is 5.82 Å². The number of para-hydroxylation sites is 1. The van der Waals surface area contributed by atoms with Crippen LogP contribution in [0.15, 0.2) is 88.2 Å². The largest absolute Gasteiger partial charge is 0.264 e. The lowest BCUT2D eigenvalue weighted by molar-refractivity contribution is 0.584. The molecule has 0 saturated carbocycles. The second kappa shape index (κ2) is 7.37. The van der Waals surface area contributed by atoms with Gasteiger partial charge in [0.2, 0.25) is 0 Å². The average Bonchev–Trinajstić information content (AvgIpc) is 2.63. The second-order valence-corrected chi connectivity index (χ2v) is 8.18. The molecule has 0 aromatic heterocycles. The first-order valence-corrected chi connectivity index (χ1v) is 9.78. The monoisotopic (exact) mass is 419 g/mol. The van der Waals surface area contributed by atoms with Gasteiger partial charge < -0.3 is 0 Å². The Hall–Kier alpha value is -2.18. The van der Waals surface area contributed by atoms with Crippen LogP contribution in [0.25, 0.3) is 0 Å². The third kappa shape index (κ3) is 3.91. The Balaban J connectivity index is 2.09. The average molecular weight is 420 g/mol. The number of benzene rings is 3. The van der Waals surface area contributed by atoms with Crippen molar-refractivity contribution in [1.82, 2.24) is 0 Å².